The van der Waals surface area contributed by atoms with Crippen molar-refractivity contribution in [3.8, 4) is 11.3 Å². The molecular weight excluding hydrogens is 266 g/mol. The molecule has 1 N–H and O–H groups in total. The molecular formula is C12H8BrN3. The lowest BCUT2D eigenvalue weighted by Gasteiger charge is -1.97. The Morgan fingerprint density at radius 2 is 1.94 bits per heavy atom. The Bertz CT molecular complexity index is 612. The maximum absolute atomic E-state index is 4.24. The van der Waals surface area contributed by atoms with Crippen molar-refractivity contribution in [2.45, 2.75) is 0 Å². The average molecular weight is 274 g/mol. The monoisotopic (exact) mass is 273 g/mol. The molecule has 1 aromatic carbocycles. The van der Waals surface area contributed by atoms with Gasteiger partial charge in [0, 0.05) is 22.6 Å². The molecule has 3 aromatic rings. The van der Waals surface area contributed by atoms with E-state index in [4.69, 9.17) is 0 Å². The zero-order valence-corrected chi connectivity index (χ0v) is 9.90. The van der Waals surface area contributed by atoms with Crippen LogP contribution in [0.25, 0.3) is 22.4 Å². The topological polar surface area (TPSA) is 41.6 Å². The molecule has 0 unspecified atom stereocenters. The van der Waals surface area contributed by atoms with Crippen molar-refractivity contribution in [2.24, 2.45) is 0 Å². The van der Waals surface area contributed by atoms with Crippen LogP contribution in [-0.4, -0.2) is 15.0 Å². The Hall–Kier alpha value is -1.68. The molecule has 2 aromatic heterocycles. The molecule has 0 radical (unpaired) electrons. The highest BCUT2D eigenvalue weighted by molar-refractivity contribution is 9.10. The number of rotatable bonds is 1. The van der Waals surface area contributed by atoms with E-state index in [2.05, 4.69) is 43.0 Å². The van der Waals surface area contributed by atoms with E-state index in [1.165, 1.54) is 0 Å². The van der Waals surface area contributed by atoms with Crippen LogP contribution in [0.5, 0.6) is 0 Å². The normalized spacial score (nSPS) is 10.8. The van der Waals surface area contributed by atoms with Crippen molar-refractivity contribution in [3.05, 3.63) is 47.2 Å². The first-order valence-electron chi connectivity index (χ1n) is 4.88. The number of hydrogen-bond acceptors (Lipinski definition) is 2. The van der Waals surface area contributed by atoms with E-state index in [9.17, 15) is 0 Å². The van der Waals surface area contributed by atoms with Gasteiger partial charge in [0.05, 0.1) is 0 Å². The third kappa shape index (κ3) is 1.61. The standard InChI is InChI=1S/C12H8BrN3/c13-9-3-1-2-8(6-9)10-7-11-12(16-10)15-5-4-14-11/h1-7H,(H,15,16). The highest BCUT2D eigenvalue weighted by Gasteiger charge is 2.04. The van der Waals surface area contributed by atoms with E-state index in [0.29, 0.717) is 0 Å². The highest BCUT2D eigenvalue weighted by atomic mass is 79.9. The van der Waals surface area contributed by atoms with Gasteiger partial charge in [-0.15, -0.1) is 0 Å². The molecule has 0 fully saturated rings. The van der Waals surface area contributed by atoms with Crippen LogP contribution in [0.2, 0.25) is 0 Å². The second-order valence-corrected chi connectivity index (χ2v) is 4.40. The van der Waals surface area contributed by atoms with Crippen molar-refractivity contribution in [2.75, 3.05) is 0 Å². The van der Waals surface area contributed by atoms with Crippen LogP contribution < -0.4 is 0 Å². The van der Waals surface area contributed by atoms with Gasteiger partial charge in [-0.1, -0.05) is 28.1 Å². The van der Waals surface area contributed by atoms with E-state index in [1.54, 1.807) is 12.4 Å². The van der Waals surface area contributed by atoms with Crippen molar-refractivity contribution < 1.29 is 0 Å². The second kappa shape index (κ2) is 3.72. The Balaban J connectivity index is 2.19. The summed E-state index contributed by atoms with van der Waals surface area (Å²) >= 11 is 3.46. The fourth-order valence-corrected chi connectivity index (χ4v) is 2.06. The minimum Gasteiger partial charge on any atom is -0.338 e. The summed E-state index contributed by atoms with van der Waals surface area (Å²) in [6.45, 7) is 0. The third-order valence-electron chi connectivity index (χ3n) is 2.40. The maximum Gasteiger partial charge on any atom is 0.156 e. The van der Waals surface area contributed by atoms with E-state index < -0.39 is 0 Å². The number of aromatic amines is 1. The lowest BCUT2D eigenvalue weighted by Crippen LogP contribution is -1.78. The molecule has 0 atom stereocenters. The van der Waals surface area contributed by atoms with Gasteiger partial charge in [-0.2, -0.15) is 0 Å². The highest BCUT2D eigenvalue weighted by Crippen LogP contribution is 2.24. The molecule has 0 aliphatic rings. The van der Waals surface area contributed by atoms with Gasteiger partial charge in [-0.3, -0.25) is 4.98 Å². The molecule has 16 heavy (non-hydrogen) atoms. The quantitative estimate of drug-likeness (QED) is 0.739. The van der Waals surface area contributed by atoms with Crippen LogP contribution in [0.1, 0.15) is 0 Å². The molecule has 3 rings (SSSR count). The Labute approximate surface area is 101 Å². The summed E-state index contributed by atoms with van der Waals surface area (Å²) in [6.07, 6.45) is 3.38. The number of halogens is 1. The molecule has 0 spiro atoms. The lowest BCUT2D eigenvalue weighted by molar-refractivity contribution is 1.26. The molecule has 78 valence electrons. The second-order valence-electron chi connectivity index (χ2n) is 3.48. The number of aromatic nitrogens is 3. The third-order valence-corrected chi connectivity index (χ3v) is 2.89. The molecule has 4 heteroatoms. The van der Waals surface area contributed by atoms with E-state index in [-0.39, 0.29) is 0 Å². The Morgan fingerprint density at radius 3 is 2.75 bits per heavy atom. The van der Waals surface area contributed by atoms with E-state index in [1.807, 2.05) is 18.2 Å². The van der Waals surface area contributed by atoms with Gasteiger partial charge >= 0.3 is 0 Å². The van der Waals surface area contributed by atoms with E-state index in [0.717, 1.165) is 26.9 Å². The van der Waals surface area contributed by atoms with Crippen LogP contribution in [0.3, 0.4) is 0 Å². The fourth-order valence-electron chi connectivity index (χ4n) is 1.66. The molecule has 0 amide bonds. The number of benzene rings is 1. The largest absolute Gasteiger partial charge is 0.338 e. The van der Waals surface area contributed by atoms with Gasteiger partial charge in [0.2, 0.25) is 0 Å². The number of H-pyrrole nitrogens is 1. The van der Waals surface area contributed by atoms with Crippen LogP contribution >= 0.6 is 15.9 Å². The van der Waals surface area contributed by atoms with Crippen molar-refractivity contribution in [3.63, 3.8) is 0 Å². The Kier molecular flexibility index (Phi) is 2.22. The molecule has 0 aliphatic heterocycles. The van der Waals surface area contributed by atoms with Gasteiger partial charge in [-0.25, -0.2) is 4.98 Å². The fraction of sp³-hybridized carbons (Fsp3) is 0. The van der Waals surface area contributed by atoms with Gasteiger partial charge in [0.15, 0.2) is 5.65 Å². The minimum absolute atomic E-state index is 0.817. The van der Waals surface area contributed by atoms with Gasteiger partial charge < -0.3 is 4.98 Å². The number of fused-ring (bicyclic) bond motifs is 1. The molecule has 0 aliphatic carbocycles. The zero-order valence-electron chi connectivity index (χ0n) is 8.31. The molecule has 3 nitrogen and oxygen atoms in total. The van der Waals surface area contributed by atoms with Crippen LogP contribution in [0.4, 0.5) is 0 Å². The number of nitrogens with one attached hydrogen (secondary N) is 1. The SMILES string of the molecule is Brc1cccc(-c2cc3nccnc3[nH]2)c1. The maximum atomic E-state index is 4.24. The predicted molar refractivity (Wildman–Crippen MR) is 67.0 cm³/mol. The predicted octanol–water partition coefficient (Wildman–Crippen LogP) is 3.39. The van der Waals surface area contributed by atoms with Crippen LogP contribution in [0, 0.1) is 0 Å². The van der Waals surface area contributed by atoms with Gasteiger partial charge in [-0.05, 0) is 23.8 Å². The summed E-state index contributed by atoms with van der Waals surface area (Å²) in [5.74, 6) is 0. The zero-order chi connectivity index (χ0) is 11.0. The summed E-state index contributed by atoms with van der Waals surface area (Å²) in [5, 5.41) is 0. The first-order chi connectivity index (χ1) is 7.83. The molecule has 0 saturated heterocycles. The first kappa shape index (κ1) is 9.54. The lowest BCUT2D eigenvalue weighted by atomic mass is 10.2. The number of nitrogens with zero attached hydrogens (tertiary/aromatic N) is 2. The van der Waals surface area contributed by atoms with Crippen LogP contribution in [-0.2, 0) is 0 Å². The summed E-state index contributed by atoms with van der Waals surface area (Å²) in [4.78, 5) is 11.7. The summed E-state index contributed by atoms with van der Waals surface area (Å²) in [6, 6.07) is 10.1. The molecule has 2 heterocycles. The minimum atomic E-state index is 0.817. The smallest absolute Gasteiger partial charge is 0.156 e. The van der Waals surface area contributed by atoms with Crippen molar-refractivity contribution in [1.82, 2.24) is 15.0 Å². The number of hydrogen-bond donors (Lipinski definition) is 1. The Morgan fingerprint density at radius 1 is 1.06 bits per heavy atom. The molecule has 0 saturated carbocycles. The van der Waals surface area contributed by atoms with Crippen LogP contribution in [0.15, 0.2) is 47.2 Å². The molecule has 0 bridgehead atoms. The first-order valence-corrected chi connectivity index (χ1v) is 5.68. The summed E-state index contributed by atoms with van der Waals surface area (Å²) in [7, 11) is 0. The summed E-state index contributed by atoms with van der Waals surface area (Å²) in [5.41, 5.74) is 3.85. The van der Waals surface area contributed by atoms with E-state index >= 15 is 0 Å². The van der Waals surface area contributed by atoms with Gasteiger partial charge in [0.25, 0.3) is 0 Å². The summed E-state index contributed by atoms with van der Waals surface area (Å²) < 4.78 is 1.06. The average Bonchev–Trinajstić information content (AvgIpc) is 2.72. The van der Waals surface area contributed by atoms with Gasteiger partial charge in [0.1, 0.15) is 5.52 Å². The van der Waals surface area contributed by atoms with Crippen molar-refractivity contribution >= 4 is 27.1 Å². The van der Waals surface area contributed by atoms with Crippen molar-refractivity contribution in [1.29, 1.82) is 0 Å².